The predicted molar refractivity (Wildman–Crippen MR) is 167 cm³/mol. The number of nitrogens with two attached hydrogens (primary N) is 1. The van der Waals surface area contributed by atoms with Crippen molar-refractivity contribution in [3.8, 4) is 12.3 Å². The quantitative estimate of drug-likeness (QED) is 0.187. The Balaban J connectivity index is 2.54. The average Bonchev–Trinajstić information content (AvgIpc) is 2.96. The van der Waals surface area contributed by atoms with Gasteiger partial charge >= 0.3 is 6.09 Å². The van der Waals surface area contributed by atoms with Crippen LogP contribution in [0.4, 0.5) is 4.79 Å². The predicted octanol–water partition coefficient (Wildman–Crippen LogP) is 4.98. The largest absolute Gasteiger partial charge is 0.444 e. The lowest BCUT2D eigenvalue weighted by molar-refractivity contribution is -0.143. The number of primary amides is 1. The molecule has 0 bridgehead atoms. The zero-order valence-corrected chi connectivity index (χ0v) is 25.9. The van der Waals surface area contributed by atoms with Crippen molar-refractivity contribution in [1.29, 1.82) is 0 Å². The molecule has 2 aromatic carbocycles. The molecule has 43 heavy (non-hydrogen) atoms. The first kappa shape index (κ1) is 34.9. The van der Waals surface area contributed by atoms with Gasteiger partial charge in [0, 0.05) is 25.1 Å². The number of alkyl carbamates (subject to hydrolysis) is 1. The summed E-state index contributed by atoms with van der Waals surface area (Å²) < 4.78 is 5.40. The molecule has 0 saturated heterocycles. The highest BCUT2D eigenvalue weighted by molar-refractivity contribution is 5.93. The van der Waals surface area contributed by atoms with Gasteiger partial charge in [-0.3, -0.25) is 14.4 Å². The van der Waals surface area contributed by atoms with E-state index in [1.165, 1.54) is 4.90 Å². The summed E-state index contributed by atoms with van der Waals surface area (Å²) in [7, 11) is 0. The summed E-state index contributed by atoms with van der Waals surface area (Å²) in [4.78, 5) is 54.3. The highest BCUT2D eigenvalue weighted by atomic mass is 16.6. The van der Waals surface area contributed by atoms with Gasteiger partial charge in [0.25, 0.3) is 0 Å². The molecule has 0 aliphatic rings. The van der Waals surface area contributed by atoms with E-state index in [4.69, 9.17) is 16.9 Å². The fourth-order valence-corrected chi connectivity index (χ4v) is 4.65. The summed E-state index contributed by atoms with van der Waals surface area (Å²) >= 11 is 0. The molecule has 2 rings (SSSR count). The number of nitrogens with one attached hydrogen (secondary N) is 2. The van der Waals surface area contributed by atoms with Crippen molar-refractivity contribution in [2.45, 2.75) is 96.9 Å². The summed E-state index contributed by atoms with van der Waals surface area (Å²) in [5.41, 5.74) is 6.45. The van der Waals surface area contributed by atoms with Crippen LogP contribution in [0.5, 0.6) is 0 Å². The Morgan fingerprint density at radius 1 is 0.977 bits per heavy atom. The number of hydrogen-bond acceptors (Lipinski definition) is 5. The number of amides is 4. The lowest BCUT2D eigenvalue weighted by Gasteiger charge is -2.35. The second-order valence-electron chi connectivity index (χ2n) is 11.5. The number of unbranched alkanes of at least 4 members (excludes halogenated alkanes) is 4. The molecule has 9 heteroatoms. The van der Waals surface area contributed by atoms with E-state index in [0.29, 0.717) is 17.5 Å². The van der Waals surface area contributed by atoms with Gasteiger partial charge in [0.15, 0.2) is 0 Å². The van der Waals surface area contributed by atoms with Crippen LogP contribution in [0.3, 0.4) is 0 Å². The van der Waals surface area contributed by atoms with Gasteiger partial charge in [-0.15, -0.1) is 6.42 Å². The third kappa shape index (κ3) is 12.2. The number of hydrogen-bond donors (Lipinski definition) is 3. The molecule has 0 aliphatic carbocycles. The van der Waals surface area contributed by atoms with Gasteiger partial charge in [0.2, 0.25) is 17.7 Å². The molecule has 0 saturated carbocycles. The van der Waals surface area contributed by atoms with E-state index >= 15 is 0 Å². The van der Waals surface area contributed by atoms with Crippen molar-refractivity contribution in [2.75, 3.05) is 6.54 Å². The molecule has 0 spiro atoms. The minimum absolute atomic E-state index is 0.0606. The number of ether oxygens (including phenoxy) is 1. The van der Waals surface area contributed by atoms with E-state index in [2.05, 4.69) is 23.5 Å². The first-order chi connectivity index (χ1) is 20.5. The fourth-order valence-electron chi connectivity index (χ4n) is 4.65. The molecule has 4 amide bonds. The van der Waals surface area contributed by atoms with Crippen LogP contribution in [-0.2, 0) is 25.7 Å². The van der Waals surface area contributed by atoms with Crippen LogP contribution in [0.2, 0.25) is 0 Å². The molecule has 2 atom stereocenters. The average molecular weight is 591 g/mol. The van der Waals surface area contributed by atoms with E-state index in [1.54, 1.807) is 45.0 Å². The van der Waals surface area contributed by atoms with Crippen LogP contribution in [0, 0.1) is 12.3 Å². The Labute approximate surface area is 255 Å². The van der Waals surface area contributed by atoms with Gasteiger partial charge in [0.1, 0.15) is 17.7 Å². The molecule has 2 unspecified atom stereocenters. The van der Waals surface area contributed by atoms with E-state index in [0.717, 1.165) is 31.2 Å². The SMILES string of the molecule is C#Cc1ccccc1C(C(=O)NCc1ccccc1)N(CCCCCCC)C(=O)C(CCC(N)=O)NC(=O)OC(C)(C)C. The minimum Gasteiger partial charge on any atom is -0.444 e. The monoisotopic (exact) mass is 590 g/mol. The van der Waals surface area contributed by atoms with Crippen LogP contribution in [0.15, 0.2) is 54.6 Å². The Morgan fingerprint density at radius 3 is 2.26 bits per heavy atom. The smallest absolute Gasteiger partial charge is 0.408 e. The Bertz CT molecular complexity index is 1250. The van der Waals surface area contributed by atoms with Gasteiger partial charge in [0.05, 0.1) is 0 Å². The van der Waals surface area contributed by atoms with Crippen molar-refractivity contribution in [3.05, 3.63) is 71.3 Å². The summed E-state index contributed by atoms with van der Waals surface area (Å²) in [5.74, 6) is 1.07. The number of terminal acetylenes is 1. The molecule has 0 heterocycles. The lowest BCUT2D eigenvalue weighted by atomic mass is 9.96. The topological polar surface area (TPSA) is 131 Å². The third-order valence-corrected chi connectivity index (χ3v) is 6.73. The molecule has 0 aliphatic heterocycles. The van der Waals surface area contributed by atoms with Crippen LogP contribution in [0.1, 0.15) is 95.4 Å². The minimum atomic E-state index is -1.17. The third-order valence-electron chi connectivity index (χ3n) is 6.73. The number of carbonyl (C=O) groups is 4. The maximum Gasteiger partial charge on any atom is 0.408 e. The maximum atomic E-state index is 14.3. The van der Waals surface area contributed by atoms with E-state index < -0.39 is 41.5 Å². The first-order valence-corrected chi connectivity index (χ1v) is 14.9. The highest BCUT2D eigenvalue weighted by Crippen LogP contribution is 2.27. The van der Waals surface area contributed by atoms with Crippen molar-refractivity contribution < 1.29 is 23.9 Å². The molecular weight excluding hydrogens is 544 g/mol. The van der Waals surface area contributed by atoms with E-state index in [1.807, 2.05) is 30.3 Å². The molecule has 0 radical (unpaired) electrons. The number of nitrogens with zero attached hydrogens (tertiary/aromatic N) is 1. The zero-order valence-electron chi connectivity index (χ0n) is 25.9. The maximum absolute atomic E-state index is 14.3. The van der Waals surface area contributed by atoms with Crippen LogP contribution in [-0.4, -0.2) is 46.9 Å². The van der Waals surface area contributed by atoms with Gasteiger partial charge in [-0.1, -0.05) is 87.1 Å². The van der Waals surface area contributed by atoms with Gasteiger partial charge in [-0.05, 0) is 50.8 Å². The molecule has 0 fully saturated rings. The molecule has 4 N–H and O–H groups in total. The highest BCUT2D eigenvalue weighted by Gasteiger charge is 2.37. The standard InChI is InChI=1S/C34H46N4O5/c1-6-8-9-10-16-23-38(32(41)28(21-22-29(35)39)37-33(42)43-34(3,4)5)30(27-20-15-14-19-26(27)7-2)31(40)36-24-25-17-12-11-13-18-25/h2,11-15,17-20,28,30H,6,8-10,16,21-24H2,1,3-5H3,(H2,35,39)(H,36,40)(H,37,42). The van der Waals surface area contributed by atoms with Crippen LogP contribution >= 0.6 is 0 Å². The van der Waals surface area contributed by atoms with Crippen molar-refractivity contribution in [3.63, 3.8) is 0 Å². The Kier molecular flexibility index (Phi) is 14.3. The van der Waals surface area contributed by atoms with Crippen LogP contribution in [0.25, 0.3) is 0 Å². The number of rotatable bonds is 16. The molecule has 232 valence electrons. The van der Waals surface area contributed by atoms with Gasteiger partial charge in [-0.2, -0.15) is 0 Å². The Morgan fingerprint density at radius 2 is 1.63 bits per heavy atom. The summed E-state index contributed by atoms with van der Waals surface area (Å²) in [6.45, 7) is 7.71. The molecule has 0 aromatic heterocycles. The van der Waals surface area contributed by atoms with Gasteiger partial charge < -0.3 is 26.0 Å². The van der Waals surface area contributed by atoms with Gasteiger partial charge in [-0.25, -0.2) is 4.79 Å². The van der Waals surface area contributed by atoms with E-state index in [9.17, 15) is 19.2 Å². The number of carbonyl (C=O) groups excluding carboxylic acids is 4. The van der Waals surface area contributed by atoms with Crippen molar-refractivity contribution in [2.24, 2.45) is 5.73 Å². The number of benzene rings is 2. The van der Waals surface area contributed by atoms with Crippen molar-refractivity contribution in [1.82, 2.24) is 15.5 Å². The zero-order chi connectivity index (χ0) is 31.8. The second-order valence-corrected chi connectivity index (χ2v) is 11.5. The summed E-state index contributed by atoms with van der Waals surface area (Å²) in [6, 6.07) is 14.2. The lowest BCUT2D eigenvalue weighted by Crippen LogP contribution is -2.53. The second kappa shape index (κ2) is 17.6. The first-order valence-electron chi connectivity index (χ1n) is 14.9. The Hall–Kier alpha value is -4.32. The molecule has 9 nitrogen and oxygen atoms in total. The van der Waals surface area contributed by atoms with E-state index in [-0.39, 0.29) is 25.9 Å². The normalized spacial score (nSPS) is 12.3. The van der Waals surface area contributed by atoms with Crippen LogP contribution < -0.4 is 16.4 Å². The summed E-state index contributed by atoms with van der Waals surface area (Å²) in [6.07, 6.45) is 9.37. The molecular formula is C34H46N4O5. The fraction of sp³-hybridized carbons (Fsp3) is 0.471. The molecule has 2 aromatic rings. The van der Waals surface area contributed by atoms with Crippen molar-refractivity contribution >= 4 is 23.8 Å². The summed E-state index contributed by atoms with van der Waals surface area (Å²) in [5, 5.41) is 5.59.